The normalized spacial score (nSPS) is 10.2. The highest BCUT2D eigenvalue weighted by atomic mass is 16.5. The summed E-state index contributed by atoms with van der Waals surface area (Å²) in [5, 5.41) is 2.83. The molecular weight excluding hydrogens is 302 g/mol. The standard InChI is InChI=1S/C20H23NO3/c1-2-14-24-18-10-8-17(9-11-18)19(22)12-13-20(23)21-15-16-6-4-3-5-7-16/h3-11H,2,12-15H2,1H3,(H,21,23). The average molecular weight is 325 g/mol. The van der Waals surface area contributed by atoms with Crippen molar-refractivity contribution in [2.75, 3.05) is 6.61 Å². The van der Waals surface area contributed by atoms with E-state index >= 15 is 0 Å². The zero-order valence-corrected chi connectivity index (χ0v) is 14.0. The SMILES string of the molecule is CCCOc1ccc(C(=O)CCC(=O)NCc2ccccc2)cc1. The molecule has 1 amide bonds. The van der Waals surface area contributed by atoms with E-state index in [-0.39, 0.29) is 24.5 Å². The van der Waals surface area contributed by atoms with E-state index in [0.717, 1.165) is 17.7 Å². The second-order valence-electron chi connectivity index (χ2n) is 5.56. The van der Waals surface area contributed by atoms with E-state index in [0.29, 0.717) is 18.7 Å². The summed E-state index contributed by atoms with van der Waals surface area (Å²) in [6.45, 7) is 3.19. The first-order valence-corrected chi connectivity index (χ1v) is 8.25. The molecule has 0 bridgehead atoms. The molecular formula is C20H23NO3. The number of hydrogen-bond acceptors (Lipinski definition) is 3. The molecule has 0 atom stereocenters. The van der Waals surface area contributed by atoms with Gasteiger partial charge in [0.25, 0.3) is 0 Å². The Hall–Kier alpha value is -2.62. The molecule has 0 aliphatic rings. The van der Waals surface area contributed by atoms with Gasteiger partial charge in [-0.2, -0.15) is 0 Å². The maximum Gasteiger partial charge on any atom is 0.220 e. The molecule has 0 saturated carbocycles. The number of benzene rings is 2. The van der Waals surface area contributed by atoms with E-state index < -0.39 is 0 Å². The molecule has 0 fully saturated rings. The van der Waals surface area contributed by atoms with E-state index in [1.807, 2.05) is 37.3 Å². The minimum atomic E-state index is -0.116. The summed E-state index contributed by atoms with van der Waals surface area (Å²) in [6, 6.07) is 16.8. The Kier molecular flexibility index (Phi) is 7.02. The molecule has 0 heterocycles. The third-order valence-electron chi connectivity index (χ3n) is 3.56. The second-order valence-corrected chi connectivity index (χ2v) is 5.56. The van der Waals surface area contributed by atoms with Crippen LogP contribution in [0.4, 0.5) is 0 Å². The van der Waals surface area contributed by atoms with Crippen LogP contribution in [0.1, 0.15) is 42.1 Å². The molecule has 0 unspecified atom stereocenters. The fraction of sp³-hybridized carbons (Fsp3) is 0.300. The molecule has 0 aliphatic carbocycles. The molecule has 4 heteroatoms. The Morgan fingerprint density at radius 1 is 0.958 bits per heavy atom. The van der Waals surface area contributed by atoms with E-state index in [9.17, 15) is 9.59 Å². The molecule has 1 N–H and O–H groups in total. The number of carbonyl (C=O) groups excluding carboxylic acids is 2. The largest absolute Gasteiger partial charge is 0.494 e. The molecule has 126 valence electrons. The lowest BCUT2D eigenvalue weighted by atomic mass is 10.1. The minimum Gasteiger partial charge on any atom is -0.494 e. The van der Waals surface area contributed by atoms with Gasteiger partial charge in [-0.25, -0.2) is 0 Å². The van der Waals surface area contributed by atoms with Gasteiger partial charge in [0.1, 0.15) is 5.75 Å². The van der Waals surface area contributed by atoms with Crippen molar-refractivity contribution >= 4 is 11.7 Å². The van der Waals surface area contributed by atoms with E-state index in [1.165, 1.54) is 0 Å². The first-order valence-electron chi connectivity index (χ1n) is 8.25. The number of ether oxygens (including phenoxy) is 1. The highest BCUT2D eigenvalue weighted by Gasteiger charge is 2.09. The fourth-order valence-corrected chi connectivity index (χ4v) is 2.21. The van der Waals surface area contributed by atoms with E-state index in [1.54, 1.807) is 24.3 Å². The highest BCUT2D eigenvalue weighted by molar-refractivity contribution is 5.98. The van der Waals surface area contributed by atoms with Crippen molar-refractivity contribution in [1.29, 1.82) is 0 Å². The van der Waals surface area contributed by atoms with Crippen LogP contribution >= 0.6 is 0 Å². The van der Waals surface area contributed by atoms with Crippen molar-refractivity contribution in [1.82, 2.24) is 5.32 Å². The topological polar surface area (TPSA) is 55.4 Å². The van der Waals surface area contributed by atoms with Gasteiger partial charge in [-0.05, 0) is 36.2 Å². The van der Waals surface area contributed by atoms with Crippen LogP contribution in [0.5, 0.6) is 5.75 Å². The van der Waals surface area contributed by atoms with Crippen molar-refractivity contribution in [3.8, 4) is 5.75 Å². The molecule has 0 saturated heterocycles. The van der Waals surface area contributed by atoms with Gasteiger partial charge in [0.2, 0.25) is 5.91 Å². The van der Waals surface area contributed by atoms with Crippen LogP contribution in [0.15, 0.2) is 54.6 Å². The fourth-order valence-electron chi connectivity index (χ4n) is 2.21. The second kappa shape index (κ2) is 9.50. The third-order valence-corrected chi connectivity index (χ3v) is 3.56. The van der Waals surface area contributed by atoms with Gasteiger partial charge in [-0.1, -0.05) is 37.3 Å². The summed E-state index contributed by atoms with van der Waals surface area (Å²) in [6.07, 6.45) is 1.34. The Balaban J connectivity index is 1.74. The summed E-state index contributed by atoms with van der Waals surface area (Å²) in [5.74, 6) is 0.607. The number of rotatable bonds is 9. The van der Waals surface area contributed by atoms with Crippen molar-refractivity contribution < 1.29 is 14.3 Å². The third kappa shape index (κ3) is 5.88. The highest BCUT2D eigenvalue weighted by Crippen LogP contribution is 2.14. The number of ketones is 1. The first-order chi connectivity index (χ1) is 11.7. The van der Waals surface area contributed by atoms with Gasteiger partial charge in [0, 0.05) is 24.9 Å². The number of amides is 1. The van der Waals surface area contributed by atoms with Crippen molar-refractivity contribution in [2.24, 2.45) is 0 Å². The Morgan fingerprint density at radius 3 is 2.33 bits per heavy atom. The van der Waals surface area contributed by atoms with Crippen LogP contribution in [0.3, 0.4) is 0 Å². The Bertz CT molecular complexity index is 650. The molecule has 0 aromatic heterocycles. The van der Waals surface area contributed by atoms with Gasteiger partial charge in [0.05, 0.1) is 6.61 Å². The smallest absolute Gasteiger partial charge is 0.220 e. The average Bonchev–Trinajstić information content (AvgIpc) is 2.64. The zero-order valence-electron chi connectivity index (χ0n) is 14.0. The molecule has 2 aromatic carbocycles. The molecule has 24 heavy (non-hydrogen) atoms. The number of Topliss-reactive ketones (excluding diaryl/α,β-unsaturated/α-hetero) is 1. The first kappa shape index (κ1) is 17.7. The number of nitrogens with one attached hydrogen (secondary N) is 1. The summed E-state index contributed by atoms with van der Waals surface area (Å²) in [5.41, 5.74) is 1.65. The quantitative estimate of drug-likeness (QED) is 0.714. The summed E-state index contributed by atoms with van der Waals surface area (Å²) < 4.78 is 5.49. The summed E-state index contributed by atoms with van der Waals surface area (Å²) in [4.78, 5) is 24.0. The van der Waals surface area contributed by atoms with Crippen LogP contribution in [-0.2, 0) is 11.3 Å². The van der Waals surface area contributed by atoms with Gasteiger partial charge in [-0.15, -0.1) is 0 Å². The predicted molar refractivity (Wildman–Crippen MR) is 94.1 cm³/mol. The molecule has 0 aliphatic heterocycles. The van der Waals surface area contributed by atoms with Gasteiger partial charge >= 0.3 is 0 Å². The molecule has 0 spiro atoms. The number of hydrogen-bond donors (Lipinski definition) is 1. The monoisotopic (exact) mass is 325 g/mol. The van der Waals surface area contributed by atoms with Crippen molar-refractivity contribution in [3.05, 3.63) is 65.7 Å². The zero-order chi connectivity index (χ0) is 17.2. The lowest BCUT2D eigenvalue weighted by molar-refractivity contribution is -0.121. The maximum absolute atomic E-state index is 12.1. The van der Waals surface area contributed by atoms with Crippen LogP contribution in [-0.4, -0.2) is 18.3 Å². The van der Waals surface area contributed by atoms with Crippen molar-refractivity contribution in [3.63, 3.8) is 0 Å². The van der Waals surface area contributed by atoms with Gasteiger partial charge in [0.15, 0.2) is 5.78 Å². The summed E-state index contributed by atoms with van der Waals surface area (Å²) in [7, 11) is 0. The molecule has 0 radical (unpaired) electrons. The Morgan fingerprint density at radius 2 is 1.67 bits per heavy atom. The van der Waals surface area contributed by atoms with Gasteiger partial charge in [-0.3, -0.25) is 9.59 Å². The van der Waals surface area contributed by atoms with Crippen molar-refractivity contribution in [2.45, 2.75) is 32.7 Å². The summed E-state index contributed by atoms with van der Waals surface area (Å²) >= 11 is 0. The molecule has 2 rings (SSSR count). The van der Waals surface area contributed by atoms with Crippen LogP contribution in [0.25, 0.3) is 0 Å². The number of carbonyl (C=O) groups is 2. The van der Waals surface area contributed by atoms with E-state index in [4.69, 9.17) is 4.74 Å². The van der Waals surface area contributed by atoms with E-state index in [2.05, 4.69) is 5.32 Å². The predicted octanol–water partition coefficient (Wildman–Crippen LogP) is 3.75. The lowest BCUT2D eigenvalue weighted by Crippen LogP contribution is -2.23. The molecule has 4 nitrogen and oxygen atoms in total. The lowest BCUT2D eigenvalue weighted by Gasteiger charge is -2.06. The minimum absolute atomic E-state index is 0.0353. The molecule has 2 aromatic rings. The van der Waals surface area contributed by atoms with Crippen LogP contribution in [0.2, 0.25) is 0 Å². The Labute approximate surface area is 142 Å². The van der Waals surface area contributed by atoms with Gasteiger partial charge < -0.3 is 10.1 Å². The maximum atomic E-state index is 12.1. The van der Waals surface area contributed by atoms with Crippen LogP contribution in [0, 0.1) is 0 Å². The van der Waals surface area contributed by atoms with Crippen LogP contribution < -0.4 is 10.1 Å².